The van der Waals surface area contributed by atoms with E-state index < -0.39 is 0 Å². The van der Waals surface area contributed by atoms with Crippen molar-refractivity contribution in [2.45, 2.75) is 6.92 Å². The molecule has 0 unspecified atom stereocenters. The van der Waals surface area contributed by atoms with Crippen LogP contribution in [-0.2, 0) is 0 Å². The third-order valence-electron chi connectivity index (χ3n) is 2.21. The summed E-state index contributed by atoms with van der Waals surface area (Å²) < 4.78 is 12.1. The van der Waals surface area contributed by atoms with Crippen LogP contribution in [0.25, 0.3) is 6.08 Å². The number of methoxy groups -OCH3 is 1. The van der Waals surface area contributed by atoms with E-state index in [4.69, 9.17) is 20.0 Å². The molecule has 98 valence electrons. The molecule has 0 spiro atoms. The van der Waals surface area contributed by atoms with Crippen LogP contribution >= 0.6 is 31.9 Å². The molecule has 0 fully saturated rings. The van der Waals surface area contributed by atoms with Gasteiger partial charge in [0.25, 0.3) is 0 Å². The first-order valence-electron chi connectivity index (χ1n) is 5.29. The van der Waals surface area contributed by atoms with E-state index >= 15 is 0 Å². The number of halogens is 2. The van der Waals surface area contributed by atoms with Crippen molar-refractivity contribution < 1.29 is 9.47 Å². The Bertz CT molecular complexity index is 582. The molecule has 4 nitrogen and oxygen atoms in total. The quantitative estimate of drug-likeness (QED) is 0.733. The van der Waals surface area contributed by atoms with Crippen molar-refractivity contribution >= 4 is 37.9 Å². The first-order valence-corrected chi connectivity index (χ1v) is 6.88. The van der Waals surface area contributed by atoms with E-state index in [1.807, 2.05) is 19.1 Å². The molecule has 0 aliphatic carbocycles. The van der Waals surface area contributed by atoms with Gasteiger partial charge in [-0.3, -0.25) is 0 Å². The van der Waals surface area contributed by atoms with Gasteiger partial charge in [-0.15, -0.1) is 0 Å². The third kappa shape index (κ3) is 3.50. The van der Waals surface area contributed by atoms with Crippen molar-refractivity contribution in [2.75, 3.05) is 13.7 Å². The van der Waals surface area contributed by atoms with Gasteiger partial charge in [0, 0.05) is 4.47 Å². The van der Waals surface area contributed by atoms with Crippen molar-refractivity contribution in [1.82, 2.24) is 0 Å². The van der Waals surface area contributed by atoms with Gasteiger partial charge < -0.3 is 9.47 Å². The molecule has 0 aliphatic rings. The van der Waals surface area contributed by atoms with E-state index in [9.17, 15) is 0 Å². The van der Waals surface area contributed by atoms with Gasteiger partial charge >= 0.3 is 0 Å². The summed E-state index contributed by atoms with van der Waals surface area (Å²) in [4.78, 5) is 0. The Morgan fingerprint density at radius 2 is 1.95 bits per heavy atom. The van der Waals surface area contributed by atoms with Crippen LogP contribution in [0.2, 0.25) is 0 Å². The van der Waals surface area contributed by atoms with Gasteiger partial charge in [0.15, 0.2) is 11.5 Å². The normalized spacial score (nSPS) is 9.16. The van der Waals surface area contributed by atoms with E-state index in [2.05, 4.69) is 31.9 Å². The molecule has 0 aromatic heterocycles. The fourth-order valence-corrected chi connectivity index (χ4v) is 2.33. The Balaban J connectivity index is 3.47. The average Bonchev–Trinajstić information content (AvgIpc) is 2.43. The second kappa shape index (κ2) is 7.18. The number of nitrogens with zero attached hydrogens (tertiary/aromatic N) is 2. The third-order valence-corrected chi connectivity index (χ3v) is 4.35. The summed E-state index contributed by atoms with van der Waals surface area (Å²) in [6.45, 7) is 2.37. The molecule has 1 rings (SSSR count). The molecule has 0 saturated heterocycles. The lowest BCUT2D eigenvalue weighted by Gasteiger charge is -2.14. The second-order valence-electron chi connectivity index (χ2n) is 3.34. The molecule has 0 saturated carbocycles. The number of hydrogen-bond donors (Lipinski definition) is 0. The van der Waals surface area contributed by atoms with Crippen LogP contribution in [0.4, 0.5) is 0 Å². The lowest BCUT2D eigenvalue weighted by Crippen LogP contribution is -1.98. The van der Waals surface area contributed by atoms with Gasteiger partial charge in [-0.1, -0.05) is 0 Å². The van der Waals surface area contributed by atoms with Crippen LogP contribution in [0, 0.1) is 22.7 Å². The van der Waals surface area contributed by atoms with Crippen LogP contribution < -0.4 is 9.47 Å². The largest absolute Gasteiger partial charge is 0.493 e. The molecule has 0 bridgehead atoms. The predicted molar refractivity (Wildman–Crippen MR) is 78.8 cm³/mol. The summed E-state index contributed by atoms with van der Waals surface area (Å²) in [5.41, 5.74) is 0.670. The molecular weight excluding hydrogens is 376 g/mol. The molecule has 6 heteroatoms. The SMILES string of the molecule is CCOc1c(OC)cc(C=C(C#N)C#N)c(Br)c1Br. The standard InChI is InChI=1S/C13H10Br2N2O2/c1-3-19-13-10(18-2)5-9(11(14)12(13)15)4-8(6-16)7-17/h4-5H,3H2,1-2H3. The Morgan fingerprint density at radius 1 is 1.32 bits per heavy atom. The maximum Gasteiger partial charge on any atom is 0.176 e. The topological polar surface area (TPSA) is 66.0 Å². The molecule has 0 aliphatic heterocycles. The van der Waals surface area contributed by atoms with E-state index in [-0.39, 0.29) is 5.57 Å². The number of nitriles is 2. The maximum absolute atomic E-state index is 8.79. The van der Waals surface area contributed by atoms with Crippen molar-refractivity contribution in [3.63, 3.8) is 0 Å². The number of rotatable bonds is 4. The minimum absolute atomic E-state index is 0.0128. The van der Waals surface area contributed by atoms with E-state index in [1.165, 1.54) is 13.2 Å². The highest BCUT2D eigenvalue weighted by molar-refractivity contribution is 9.13. The maximum atomic E-state index is 8.79. The zero-order valence-corrected chi connectivity index (χ0v) is 13.5. The predicted octanol–water partition coefficient (Wildman–Crippen LogP) is 4.05. The van der Waals surface area contributed by atoms with Crippen LogP contribution in [0.3, 0.4) is 0 Å². The van der Waals surface area contributed by atoms with Gasteiger partial charge in [-0.25, -0.2) is 0 Å². The molecule has 0 radical (unpaired) electrons. The van der Waals surface area contributed by atoms with E-state index in [0.29, 0.717) is 32.6 Å². The summed E-state index contributed by atoms with van der Waals surface area (Å²) in [5.74, 6) is 1.10. The zero-order chi connectivity index (χ0) is 14.4. The van der Waals surface area contributed by atoms with Crippen LogP contribution in [-0.4, -0.2) is 13.7 Å². The summed E-state index contributed by atoms with van der Waals surface area (Å²) in [5, 5.41) is 17.6. The first kappa shape index (κ1) is 15.6. The zero-order valence-electron chi connectivity index (χ0n) is 10.3. The minimum Gasteiger partial charge on any atom is -0.493 e. The van der Waals surface area contributed by atoms with Gasteiger partial charge in [0.1, 0.15) is 17.7 Å². The monoisotopic (exact) mass is 384 g/mol. The summed E-state index contributed by atoms with van der Waals surface area (Å²) in [7, 11) is 1.53. The first-order chi connectivity index (χ1) is 9.08. The van der Waals surface area contributed by atoms with Crippen LogP contribution in [0.1, 0.15) is 12.5 Å². The summed E-state index contributed by atoms with van der Waals surface area (Å²) in [6, 6.07) is 5.33. The summed E-state index contributed by atoms with van der Waals surface area (Å²) in [6.07, 6.45) is 1.48. The molecular formula is C13H10Br2N2O2. The smallest absolute Gasteiger partial charge is 0.176 e. The van der Waals surface area contributed by atoms with E-state index in [1.54, 1.807) is 6.07 Å². The lowest BCUT2D eigenvalue weighted by molar-refractivity contribution is 0.308. The summed E-state index contributed by atoms with van der Waals surface area (Å²) >= 11 is 6.82. The molecule has 0 N–H and O–H groups in total. The number of allylic oxidation sites excluding steroid dienone is 1. The molecule has 1 aromatic carbocycles. The fourth-order valence-electron chi connectivity index (χ4n) is 1.39. The van der Waals surface area contributed by atoms with Gasteiger partial charge in [0.2, 0.25) is 0 Å². The van der Waals surface area contributed by atoms with Crippen molar-refractivity contribution in [3.8, 4) is 23.6 Å². The Hall–Kier alpha value is -1.50. The van der Waals surface area contributed by atoms with Crippen molar-refractivity contribution in [1.29, 1.82) is 10.5 Å². The molecule has 19 heavy (non-hydrogen) atoms. The van der Waals surface area contributed by atoms with Crippen molar-refractivity contribution in [2.24, 2.45) is 0 Å². The molecule has 0 heterocycles. The average molecular weight is 386 g/mol. The van der Waals surface area contributed by atoms with Crippen LogP contribution in [0.5, 0.6) is 11.5 Å². The number of ether oxygens (including phenoxy) is 2. The van der Waals surface area contributed by atoms with Crippen molar-refractivity contribution in [3.05, 3.63) is 26.1 Å². The minimum atomic E-state index is 0.0128. The second-order valence-corrected chi connectivity index (χ2v) is 4.93. The van der Waals surface area contributed by atoms with E-state index in [0.717, 1.165) is 0 Å². The highest BCUT2D eigenvalue weighted by Crippen LogP contribution is 2.43. The molecule has 0 amide bonds. The Labute approximate surface area is 128 Å². The highest BCUT2D eigenvalue weighted by Gasteiger charge is 2.16. The van der Waals surface area contributed by atoms with Gasteiger partial charge in [0.05, 0.1) is 18.2 Å². The Morgan fingerprint density at radius 3 is 2.42 bits per heavy atom. The molecule has 1 aromatic rings. The lowest BCUT2D eigenvalue weighted by atomic mass is 10.1. The Kier molecular flexibility index (Phi) is 5.88. The number of benzene rings is 1. The molecule has 0 atom stereocenters. The number of hydrogen-bond acceptors (Lipinski definition) is 4. The van der Waals surface area contributed by atoms with Gasteiger partial charge in [-0.05, 0) is 56.5 Å². The fraction of sp³-hybridized carbons (Fsp3) is 0.231. The highest BCUT2D eigenvalue weighted by atomic mass is 79.9. The van der Waals surface area contributed by atoms with Crippen LogP contribution in [0.15, 0.2) is 20.6 Å². The van der Waals surface area contributed by atoms with Gasteiger partial charge in [-0.2, -0.15) is 10.5 Å².